The minimum Gasteiger partial charge on any atom is -0.456 e. The summed E-state index contributed by atoms with van der Waals surface area (Å²) < 4.78 is 8.76. The van der Waals surface area contributed by atoms with Gasteiger partial charge in [-0.25, -0.2) is 4.98 Å². The van der Waals surface area contributed by atoms with Crippen molar-refractivity contribution in [1.29, 1.82) is 0 Å². The fourth-order valence-corrected chi connectivity index (χ4v) is 9.34. The maximum atomic E-state index is 6.73. The van der Waals surface area contributed by atoms with Gasteiger partial charge >= 0.3 is 0 Å². The van der Waals surface area contributed by atoms with E-state index in [9.17, 15) is 0 Å². The van der Waals surface area contributed by atoms with Crippen molar-refractivity contribution < 1.29 is 4.42 Å². The molecule has 11 aromatic rings. The van der Waals surface area contributed by atoms with Gasteiger partial charge in [-0.15, -0.1) is 16.4 Å². The number of benzene rings is 9. The molecule has 9 aromatic carbocycles. The molecule has 0 amide bonds. The highest BCUT2D eigenvalue weighted by Gasteiger charge is 2.24. The van der Waals surface area contributed by atoms with Gasteiger partial charge in [-0.2, -0.15) is 0 Å². The summed E-state index contributed by atoms with van der Waals surface area (Å²) in [6.45, 7) is 2.16. The highest BCUT2D eigenvalue weighted by Crippen LogP contribution is 2.49. The summed E-state index contributed by atoms with van der Waals surface area (Å²) in [7, 11) is 32.6. The number of aromatic nitrogens is 2. The summed E-state index contributed by atoms with van der Waals surface area (Å²) in [6.07, 6.45) is 0.795. The highest BCUT2D eigenvalue weighted by molar-refractivity contribution is 6.68. The topological polar surface area (TPSA) is 31.0 Å². The molecule has 3 nitrogen and oxygen atoms in total. The largest absolute Gasteiger partial charge is 0.456 e. The zero-order chi connectivity index (χ0) is 40.1. The van der Waals surface area contributed by atoms with Gasteiger partial charge in [-0.3, -0.25) is 4.57 Å². The minimum atomic E-state index is 0.182. The number of nitrogens with zero attached hydrogens (tertiary/aromatic N) is 2. The van der Waals surface area contributed by atoms with E-state index in [-0.39, 0.29) is 16.4 Å². The van der Waals surface area contributed by atoms with Crippen LogP contribution >= 0.6 is 0 Å². The molecule has 0 aliphatic carbocycles. The van der Waals surface area contributed by atoms with Crippen LogP contribution in [0.2, 0.25) is 0 Å². The zero-order valence-electron chi connectivity index (χ0n) is 32.3. The SMILES string of the molecule is [B]c1c([B])c([B])c(-c2ccc3c(-c4ccc(-n5c(CC)nc6ccccc65)c5ccccc45)c4ccccc4c(-c4cccc5oc6ccccc6c45)c3c2)c([B])c1[B]. The number of imidazole rings is 1. The van der Waals surface area contributed by atoms with Crippen molar-refractivity contribution in [1.82, 2.24) is 9.55 Å². The zero-order valence-corrected chi connectivity index (χ0v) is 32.3. The number of rotatable bonds is 5. The fraction of sp³-hybridized carbons (Fsp3) is 0.0392. The molecular weight excluding hydrogens is 711 g/mol. The maximum absolute atomic E-state index is 6.73. The Kier molecular flexibility index (Phi) is 8.10. The molecule has 2 heterocycles. The molecule has 264 valence electrons. The number of fused-ring (bicyclic) bond motifs is 7. The first kappa shape index (κ1) is 35.5. The van der Waals surface area contributed by atoms with Crippen LogP contribution in [0.15, 0.2) is 150 Å². The Morgan fingerprint density at radius 3 is 1.81 bits per heavy atom. The van der Waals surface area contributed by atoms with Crippen molar-refractivity contribution in [3.05, 3.63) is 151 Å². The van der Waals surface area contributed by atoms with Gasteiger partial charge in [0.25, 0.3) is 0 Å². The highest BCUT2D eigenvalue weighted by atomic mass is 16.3. The maximum Gasteiger partial charge on any atom is 0.136 e. The van der Waals surface area contributed by atoms with E-state index in [0.29, 0.717) is 16.5 Å². The Labute approximate surface area is 348 Å². The van der Waals surface area contributed by atoms with E-state index >= 15 is 0 Å². The average molecular weight is 740 g/mol. The lowest BCUT2D eigenvalue weighted by Gasteiger charge is -2.23. The second kappa shape index (κ2) is 13.5. The Hall–Kier alpha value is -6.65. The van der Waals surface area contributed by atoms with Crippen molar-refractivity contribution in [2.75, 3.05) is 0 Å². The Morgan fingerprint density at radius 1 is 0.475 bits per heavy atom. The molecule has 8 heteroatoms. The van der Waals surface area contributed by atoms with Crippen molar-refractivity contribution in [2.24, 2.45) is 0 Å². The van der Waals surface area contributed by atoms with Crippen molar-refractivity contribution in [3.8, 4) is 39.1 Å². The van der Waals surface area contributed by atoms with Crippen LogP contribution in [-0.4, -0.2) is 48.8 Å². The van der Waals surface area contributed by atoms with Crippen LogP contribution in [0.25, 0.3) is 104 Å². The number of aryl methyl sites for hydroxylation is 1. The van der Waals surface area contributed by atoms with Gasteiger partial charge in [0.15, 0.2) is 0 Å². The molecule has 0 fully saturated rings. The van der Waals surface area contributed by atoms with Gasteiger partial charge in [-0.1, -0.05) is 127 Å². The quantitative estimate of drug-likeness (QED) is 0.133. The van der Waals surface area contributed by atoms with E-state index in [1.807, 2.05) is 24.3 Å². The van der Waals surface area contributed by atoms with Crippen LogP contribution in [0, 0.1) is 0 Å². The van der Waals surface area contributed by atoms with Crippen molar-refractivity contribution >= 4 is 132 Å². The average Bonchev–Trinajstić information content (AvgIpc) is 3.85. The fourth-order valence-electron chi connectivity index (χ4n) is 9.34. The van der Waals surface area contributed by atoms with Gasteiger partial charge in [0.1, 0.15) is 56.2 Å². The van der Waals surface area contributed by atoms with Crippen LogP contribution in [-0.2, 0) is 6.42 Å². The molecule has 2 aromatic heterocycles. The number of furan rings is 1. The molecule has 10 radical (unpaired) electrons. The van der Waals surface area contributed by atoms with Crippen LogP contribution in [0.1, 0.15) is 12.7 Å². The number of hydrogen-bond acceptors (Lipinski definition) is 2. The van der Waals surface area contributed by atoms with E-state index < -0.39 is 0 Å². The molecule has 0 saturated carbocycles. The van der Waals surface area contributed by atoms with Crippen LogP contribution in [0.4, 0.5) is 0 Å². The molecule has 0 spiro atoms. The van der Waals surface area contributed by atoms with Crippen LogP contribution < -0.4 is 27.3 Å². The first-order valence-electron chi connectivity index (χ1n) is 19.7. The van der Waals surface area contributed by atoms with Crippen LogP contribution in [0.3, 0.4) is 0 Å². The molecule has 59 heavy (non-hydrogen) atoms. The molecule has 0 saturated heterocycles. The van der Waals surface area contributed by atoms with Gasteiger partial charge in [-0.05, 0) is 96.7 Å². The predicted molar refractivity (Wildman–Crippen MR) is 253 cm³/mol. The molecular formula is C51H29B5N2O. The third-order valence-electron chi connectivity index (χ3n) is 12.0. The second-order valence-electron chi connectivity index (χ2n) is 15.2. The predicted octanol–water partition coefficient (Wildman–Crippen LogP) is 7.92. The molecule has 0 unspecified atom stereocenters. The van der Waals surface area contributed by atoms with Gasteiger partial charge in [0, 0.05) is 22.6 Å². The molecule has 0 atom stereocenters. The van der Waals surface area contributed by atoms with Crippen LogP contribution in [0.5, 0.6) is 0 Å². The summed E-state index contributed by atoms with van der Waals surface area (Å²) in [6, 6.07) is 51.1. The standard InChI is InChI=1S/C51H29B5N2O/c1-2-42-57-37-18-8-9-19-39(37)58(42)38-25-24-32(28-12-3-4-13-29(28)38)44-30-14-5-6-15-31(30)45(35-17-11-21-41-46(35)34-16-7-10-20-40(34)59-41)36-26-27(22-23-33(36)44)43-47(52)49(54)51(56)50(55)48(43)53/h3-26H,2H2,1H3. The Bertz CT molecular complexity index is 3540. The molecule has 0 bridgehead atoms. The Balaban J connectivity index is 1.29. The van der Waals surface area contributed by atoms with E-state index in [2.05, 4.69) is 133 Å². The van der Waals surface area contributed by atoms with Gasteiger partial charge in [0.05, 0.1) is 16.7 Å². The van der Waals surface area contributed by atoms with Crippen molar-refractivity contribution in [2.45, 2.75) is 13.3 Å². The summed E-state index contributed by atoms with van der Waals surface area (Å²) in [5.74, 6) is 1.01. The van der Waals surface area contributed by atoms with E-state index in [0.717, 1.165) is 111 Å². The molecule has 0 aliphatic heterocycles. The van der Waals surface area contributed by atoms with Crippen molar-refractivity contribution in [3.63, 3.8) is 0 Å². The molecule has 11 rings (SSSR count). The number of hydrogen-bond donors (Lipinski definition) is 0. The third kappa shape index (κ3) is 5.18. The number of para-hydroxylation sites is 3. The first-order chi connectivity index (χ1) is 28.8. The first-order valence-corrected chi connectivity index (χ1v) is 19.7. The minimum absolute atomic E-state index is 0.182. The molecule has 0 aliphatic rings. The lowest BCUT2D eigenvalue weighted by atomic mass is 9.59. The van der Waals surface area contributed by atoms with Gasteiger partial charge in [0.2, 0.25) is 0 Å². The summed E-state index contributed by atoms with van der Waals surface area (Å²) in [5, 5.41) is 8.61. The molecule has 0 N–H and O–H groups in total. The summed E-state index contributed by atoms with van der Waals surface area (Å²) in [4.78, 5) is 5.03. The Morgan fingerprint density at radius 2 is 1.07 bits per heavy atom. The van der Waals surface area contributed by atoms with E-state index in [1.54, 1.807) is 0 Å². The lowest BCUT2D eigenvalue weighted by Crippen LogP contribution is -2.55. The van der Waals surface area contributed by atoms with E-state index in [1.165, 1.54) is 0 Å². The smallest absolute Gasteiger partial charge is 0.136 e. The second-order valence-corrected chi connectivity index (χ2v) is 15.2. The third-order valence-corrected chi connectivity index (χ3v) is 12.0. The summed E-state index contributed by atoms with van der Waals surface area (Å²) in [5.41, 5.74) is 11.6. The monoisotopic (exact) mass is 740 g/mol. The summed E-state index contributed by atoms with van der Waals surface area (Å²) >= 11 is 0. The lowest BCUT2D eigenvalue weighted by molar-refractivity contribution is 0.669. The van der Waals surface area contributed by atoms with Gasteiger partial charge < -0.3 is 4.42 Å². The van der Waals surface area contributed by atoms with E-state index in [4.69, 9.17) is 48.6 Å². The normalized spacial score (nSPS) is 11.9.